The maximum Gasteiger partial charge on any atom is 0.160 e. The summed E-state index contributed by atoms with van der Waals surface area (Å²) in [5, 5.41) is 10.2. The van der Waals surface area contributed by atoms with E-state index in [0.717, 1.165) is 36.8 Å². The molecule has 0 aromatic heterocycles. The number of ketones is 1. The summed E-state index contributed by atoms with van der Waals surface area (Å²) in [6.07, 6.45) is 12.5. The molecule has 3 aromatic rings. The van der Waals surface area contributed by atoms with Crippen molar-refractivity contribution in [3.05, 3.63) is 77.9 Å². The Bertz CT molecular complexity index is 1180. The first-order chi connectivity index (χ1) is 18.6. The van der Waals surface area contributed by atoms with E-state index in [1.807, 2.05) is 36.4 Å². The lowest BCUT2D eigenvalue weighted by Crippen LogP contribution is -2.58. The normalized spacial score (nSPS) is 19.0. The van der Waals surface area contributed by atoms with Gasteiger partial charge in [-0.15, -0.1) is 0 Å². The highest BCUT2D eigenvalue weighted by Gasteiger charge is 2.36. The van der Waals surface area contributed by atoms with Gasteiger partial charge < -0.3 is 11.5 Å². The fourth-order valence-corrected chi connectivity index (χ4v) is 6.53. The van der Waals surface area contributed by atoms with Crippen LogP contribution in [0.25, 0.3) is 10.8 Å². The molecule has 0 saturated heterocycles. The highest BCUT2D eigenvalue weighted by Crippen LogP contribution is 2.30. The molecule has 3 aromatic carbocycles. The van der Waals surface area contributed by atoms with Gasteiger partial charge in [-0.25, -0.2) is 0 Å². The molecule has 0 spiro atoms. The van der Waals surface area contributed by atoms with Gasteiger partial charge >= 0.3 is 0 Å². The standard InChI is InChI=1S/C33H44N4O/c34-29-18-10-9-17-28(29)31(32(38)30(35)22-23-19-20-24-11-7-8-12-25(24)21-23)33(36-26-13-3-1-4-14-26)37-27-15-5-2-6-16-27/h7-12,17-21,26-27,30-31,33,36-37H,1-6,13-16,22,34-35H2. The van der Waals surface area contributed by atoms with E-state index >= 15 is 0 Å². The number of benzene rings is 3. The van der Waals surface area contributed by atoms with Gasteiger partial charge in [-0.1, -0.05) is 99.2 Å². The third-order valence-corrected chi connectivity index (χ3v) is 8.65. The van der Waals surface area contributed by atoms with Crippen LogP contribution in [-0.2, 0) is 11.2 Å². The van der Waals surface area contributed by atoms with Crippen LogP contribution in [0.4, 0.5) is 5.69 Å². The van der Waals surface area contributed by atoms with E-state index in [1.54, 1.807) is 0 Å². The highest BCUT2D eigenvalue weighted by atomic mass is 16.1. The van der Waals surface area contributed by atoms with Crippen LogP contribution in [0.15, 0.2) is 66.7 Å². The molecule has 2 atom stereocenters. The van der Waals surface area contributed by atoms with Crippen molar-refractivity contribution in [1.82, 2.24) is 10.6 Å². The molecule has 0 aliphatic heterocycles. The first-order valence-electron chi connectivity index (χ1n) is 14.7. The lowest BCUT2D eigenvalue weighted by atomic mass is 9.83. The van der Waals surface area contributed by atoms with Gasteiger partial charge in [0.1, 0.15) is 0 Å². The minimum atomic E-state index is -0.621. The smallest absolute Gasteiger partial charge is 0.160 e. The van der Waals surface area contributed by atoms with Crippen LogP contribution in [0.1, 0.15) is 81.3 Å². The van der Waals surface area contributed by atoms with Crippen molar-refractivity contribution in [2.24, 2.45) is 5.73 Å². The van der Waals surface area contributed by atoms with Crippen LogP contribution in [0.5, 0.6) is 0 Å². The molecule has 2 aliphatic rings. The van der Waals surface area contributed by atoms with E-state index in [-0.39, 0.29) is 11.9 Å². The number of carbonyl (C=O) groups excluding carboxylic acids is 1. The molecule has 6 N–H and O–H groups in total. The minimum absolute atomic E-state index is 0.0488. The highest BCUT2D eigenvalue weighted by molar-refractivity contribution is 5.92. The summed E-state index contributed by atoms with van der Waals surface area (Å²) in [6.45, 7) is 0. The minimum Gasteiger partial charge on any atom is -0.398 e. The number of fused-ring (bicyclic) bond motifs is 1. The predicted molar refractivity (Wildman–Crippen MR) is 158 cm³/mol. The van der Waals surface area contributed by atoms with Gasteiger partial charge in [0.15, 0.2) is 5.78 Å². The van der Waals surface area contributed by atoms with Crippen LogP contribution in [-0.4, -0.2) is 30.1 Å². The van der Waals surface area contributed by atoms with E-state index < -0.39 is 12.0 Å². The lowest BCUT2D eigenvalue weighted by molar-refractivity contribution is -0.122. The Morgan fingerprint density at radius 1 is 0.763 bits per heavy atom. The van der Waals surface area contributed by atoms with Crippen LogP contribution < -0.4 is 22.1 Å². The summed E-state index contributed by atoms with van der Waals surface area (Å²) >= 11 is 0. The van der Waals surface area contributed by atoms with E-state index in [0.29, 0.717) is 24.2 Å². The Labute approximate surface area is 227 Å². The summed E-state index contributed by atoms with van der Waals surface area (Å²) < 4.78 is 0. The van der Waals surface area contributed by atoms with Gasteiger partial charge in [-0.2, -0.15) is 0 Å². The molecule has 2 aliphatic carbocycles. The topological polar surface area (TPSA) is 93.2 Å². The van der Waals surface area contributed by atoms with Gasteiger partial charge in [0.05, 0.1) is 18.1 Å². The Morgan fingerprint density at radius 3 is 1.97 bits per heavy atom. The fourth-order valence-electron chi connectivity index (χ4n) is 6.53. The van der Waals surface area contributed by atoms with Crippen LogP contribution in [0.2, 0.25) is 0 Å². The Balaban J connectivity index is 1.44. The number of anilines is 1. The van der Waals surface area contributed by atoms with Crippen molar-refractivity contribution >= 4 is 22.2 Å². The molecule has 5 heteroatoms. The third-order valence-electron chi connectivity index (χ3n) is 8.65. The average Bonchev–Trinajstić information content (AvgIpc) is 2.95. The van der Waals surface area contributed by atoms with Gasteiger partial charge in [-0.05, 0) is 60.1 Å². The number of hydrogen-bond donors (Lipinski definition) is 4. The molecule has 5 rings (SSSR count). The van der Waals surface area contributed by atoms with Crippen molar-refractivity contribution in [2.45, 2.75) is 101 Å². The number of nitrogen functional groups attached to an aromatic ring is 1. The van der Waals surface area contributed by atoms with Crippen molar-refractivity contribution in [3.63, 3.8) is 0 Å². The zero-order chi connectivity index (χ0) is 26.3. The molecule has 0 amide bonds. The number of nitrogens with one attached hydrogen (secondary N) is 2. The molecule has 202 valence electrons. The van der Waals surface area contributed by atoms with Gasteiger partial charge in [0.25, 0.3) is 0 Å². The molecule has 2 unspecified atom stereocenters. The molecule has 38 heavy (non-hydrogen) atoms. The van der Waals surface area contributed by atoms with Gasteiger partial charge in [-0.3, -0.25) is 15.4 Å². The molecule has 0 bridgehead atoms. The molecule has 5 nitrogen and oxygen atoms in total. The van der Waals surface area contributed by atoms with E-state index in [9.17, 15) is 4.79 Å². The molecule has 2 saturated carbocycles. The van der Waals surface area contributed by atoms with Crippen molar-refractivity contribution in [3.8, 4) is 0 Å². The van der Waals surface area contributed by atoms with Crippen molar-refractivity contribution in [1.29, 1.82) is 0 Å². The fraction of sp³-hybridized carbons (Fsp3) is 0.485. The molecular formula is C33H44N4O. The van der Waals surface area contributed by atoms with Crippen LogP contribution >= 0.6 is 0 Å². The monoisotopic (exact) mass is 512 g/mol. The summed E-state index contributed by atoms with van der Waals surface area (Å²) in [7, 11) is 0. The molecular weight excluding hydrogens is 468 g/mol. The third kappa shape index (κ3) is 6.63. The molecule has 2 fully saturated rings. The summed E-state index contributed by atoms with van der Waals surface area (Å²) in [6, 6.07) is 22.7. The van der Waals surface area contributed by atoms with Crippen molar-refractivity contribution < 1.29 is 4.79 Å². The van der Waals surface area contributed by atoms with E-state index in [1.165, 1.54) is 49.3 Å². The molecule has 0 heterocycles. The van der Waals surface area contributed by atoms with E-state index in [4.69, 9.17) is 11.5 Å². The SMILES string of the molecule is Nc1ccccc1C(C(=O)C(N)Cc1ccc2ccccc2c1)C(NC1CCCCC1)NC1CCCCC1. The summed E-state index contributed by atoms with van der Waals surface area (Å²) in [5.74, 6) is -0.400. The average molecular weight is 513 g/mol. The summed E-state index contributed by atoms with van der Waals surface area (Å²) in [4.78, 5) is 14.3. The number of hydrogen-bond acceptors (Lipinski definition) is 5. The number of rotatable bonds is 10. The number of carbonyl (C=O) groups is 1. The predicted octanol–water partition coefficient (Wildman–Crippen LogP) is 5.82. The second-order valence-corrected chi connectivity index (χ2v) is 11.5. The largest absolute Gasteiger partial charge is 0.398 e. The lowest BCUT2D eigenvalue weighted by Gasteiger charge is -2.38. The number of para-hydroxylation sites is 1. The number of Topliss-reactive ketones (excluding diaryl/α,β-unsaturated/α-hetero) is 1. The zero-order valence-electron chi connectivity index (χ0n) is 22.6. The first-order valence-corrected chi connectivity index (χ1v) is 14.7. The first kappa shape index (κ1) is 26.9. The van der Waals surface area contributed by atoms with Crippen LogP contribution in [0.3, 0.4) is 0 Å². The quantitative estimate of drug-likeness (QED) is 0.203. The van der Waals surface area contributed by atoms with Gasteiger partial charge in [0.2, 0.25) is 0 Å². The molecule has 0 radical (unpaired) electrons. The van der Waals surface area contributed by atoms with Crippen LogP contribution in [0, 0.1) is 0 Å². The second kappa shape index (κ2) is 12.9. The van der Waals surface area contributed by atoms with Crippen molar-refractivity contribution in [2.75, 3.05) is 5.73 Å². The van der Waals surface area contributed by atoms with Gasteiger partial charge in [0, 0.05) is 17.8 Å². The summed E-state index contributed by atoms with van der Waals surface area (Å²) in [5.41, 5.74) is 15.9. The second-order valence-electron chi connectivity index (χ2n) is 11.5. The van der Waals surface area contributed by atoms with E-state index in [2.05, 4.69) is 41.0 Å². The maximum absolute atomic E-state index is 14.3. The Morgan fingerprint density at radius 2 is 1.34 bits per heavy atom. The zero-order valence-corrected chi connectivity index (χ0v) is 22.6. The maximum atomic E-state index is 14.3. The Kier molecular flexibility index (Phi) is 9.10. The Hall–Kier alpha value is -2.73. The number of nitrogens with two attached hydrogens (primary N) is 2.